The van der Waals surface area contributed by atoms with Gasteiger partial charge in [-0.2, -0.15) is 0 Å². The molecule has 0 spiro atoms. The topological polar surface area (TPSA) is 83.5 Å². The van der Waals surface area contributed by atoms with Gasteiger partial charge in [0.1, 0.15) is 5.82 Å². The lowest BCUT2D eigenvalue weighted by Crippen LogP contribution is -2.46. The molecule has 9 heteroatoms. The summed E-state index contributed by atoms with van der Waals surface area (Å²) < 4.78 is 64.9. The van der Waals surface area contributed by atoms with Crippen molar-refractivity contribution in [1.82, 2.24) is 10.2 Å². The van der Waals surface area contributed by atoms with Crippen molar-refractivity contribution in [2.75, 3.05) is 31.1 Å². The van der Waals surface area contributed by atoms with E-state index in [-0.39, 0.29) is 28.3 Å². The van der Waals surface area contributed by atoms with Gasteiger partial charge in [0.15, 0.2) is 19.7 Å². The highest BCUT2D eigenvalue weighted by Gasteiger charge is 2.46. The van der Waals surface area contributed by atoms with Gasteiger partial charge in [-0.05, 0) is 62.7 Å². The third-order valence-corrected chi connectivity index (χ3v) is 10.6. The zero-order chi connectivity index (χ0) is 22.9. The fraction of sp³-hybridized carbons (Fsp3) is 0.478. The number of rotatable bonds is 7. The average molecular weight is 481 g/mol. The number of likely N-dealkylation sites (tertiary alicyclic amines) is 1. The minimum absolute atomic E-state index is 0.0795. The molecule has 32 heavy (non-hydrogen) atoms. The minimum atomic E-state index is -3.82. The lowest BCUT2D eigenvalue weighted by molar-refractivity contribution is 0.234. The van der Waals surface area contributed by atoms with E-state index in [2.05, 4.69) is 10.2 Å². The monoisotopic (exact) mass is 480 g/mol. The van der Waals surface area contributed by atoms with Crippen molar-refractivity contribution in [2.45, 2.75) is 42.0 Å². The maximum atomic E-state index is 13.5. The Labute approximate surface area is 189 Å². The molecule has 2 heterocycles. The summed E-state index contributed by atoms with van der Waals surface area (Å²) in [5, 5.41) is 2.23. The Morgan fingerprint density at radius 2 is 1.66 bits per heavy atom. The van der Waals surface area contributed by atoms with Crippen molar-refractivity contribution in [3.63, 3.8) is 0 Å². The zero-order valence-electron chi connectivity index (χ0n) is 18.1. The summed E-state index contributed by atoms with van der Waals surface area (Å²) in [5.74, 6) is -0.905. The van der Waals surface area contributed by atoms with Crippen LogP contribution in [-0.2, 0) is 19.7 Å². The molecular formula is C23H29FN2O4S2. The third-order valence-electron chi connectivity index (χ3n) is 6.46. The number of hydrogen-bond acceptors (Lipinski definition) is 6. The van der Waals surface area contributed by atoms with Crippen molar-refractivity contribution in [3.05, 3.63) is 65.5 Å². The first kappa shape index (κ1) is 23.4. The normalized spacial score (nSPS) is 24.6. The highest BCUT2D eigenvalue weighted by molar-refractivity contribution is 7.96. The van der Waals surface area contributed by atoms with E-state index in [1.54, 1.807) is 24.3 Å². The highest BCUT2D eigenvalue weighted by atomic mass is 32.2. The molecule has 4 rings (SSSR count). The molecule has 0 aromatic heterocycles. The first-order valence-electron chi connectivity index (χ1n) is 10.9. The number of halogens is 1. The van der Waals surface area contributed by atoms with Gasteiger partial charge in [0.25, 0.3) is 0 Å². The van der Waals surface area contributed by atoms with E-state index in [4.69, 9.17) is 0 Å². The number of benzene rings is 2. The van der Waals surface area contributed by atoms with E-state index in [0.29, 0.717) is 6.54 Å². The van der Waals surface area contributed by atoms with Crippen LogP contribution >= 0.6 is 0 Å². The molecule has 0 amide bonds. The van der Waals surface area contributed by atoms with Gasteiger partial charge in [0.2, 0.25) is 0 Å². The van der Waals surface area contributed by atoms with Crippen LogP contribution in [0, 0.1) is 12.7 Å². The number of nitrogens with one attached hydrogen (secondary N) is 1. The van der Waals surface area contributed by atoms with E-state index in [9.17, 15) is 21.2 Å². The Morgan fingerprint density at radius 3 is 2.28 bits per heavy atom. The van der Waals surface area contributed by atoms with Crippen LogP contribution in [0.15, 0.2) is 53.4 Å². The minimum Gasteiger partial charge on any atom is -0.310 e. The van der Waals surface area contributed by atoms with E-state index in [0.717, 1.165) is 37.1 Å². The van der Waals surface area contributed by atoms with Gasteiger partial charge < -0.3 is 5.32 Å². The summed E-state index contributed by atoms with van der Waals surface area (Å²) in [5.41, 5.74) is 1.87. The first-order chi connectivity index (χ1) is 15.2. The lowest BCUT2D eigenvalue weighted by atomic mass is 10.0. The number of hydrogen-bond donors (Lipinski definition) is 1. The molecule has 2 fully saturated rings. The molecule has 2 saturated heterocycles. The summed E-state index contributed by atoms with van der Waals surface area (Å²) in [6.07, 6.45) is 2.14. The van der Waals surface area contributed by atoms with Crippen molar-refractivity contribution in [3.8, 4) is 0 Å². The predicted molar refractivity (Wildman–Crippen MR) is 123 cm³/mol. The first-order valence-corrected chi connectivity index (χ1v) is 14.3. The smallest absolute Gasteiger partial charge is 0.183 e. The fourth-order valence-electron chi connectivity index (χ4n) is 4.67. The number of nitrogens with zero attached hydrogens (tertiary/aromatic N) is 1. The largest absolute Gasteiger partial charge is 0.310 e. The fourth-order valence-corrected chi connectivity index (χ4v) is 9.39. The molecule has 0 radical (unpaired) electrons. The Balaban J connectivity index is 1.57. The molecule has 3 atom stereocenters. The Morgan fingerprint density at radius 1 is 1.03 bits per heavy atom. The molecule has 6 nitrogen and oxygen atoms in total. The molecule has 2 aromatic rings. The second-order valence-electron chi connectivity index (χ2n) is 8.80. The lowest BCUT2D eigenvalue weighted by Gasteiger charge is -2.30. The molecule has 174 valence electrons. The molecule has 0 aliphatic carbocycles. The molecule has 2 aliphatic heterocycles. The second-order valence-corrected chi connectivity index (χ2v) is 13.1. The number of aryl methyl sites for hydroxylation is 1. The van der Waals surface area contributed by atoms with E-state index in [1.165, 1.54) is 24.3 Å². The number of sulfone groups is 2. The van der Waals surface area contributed by atoms with Crippen LogP contribution in [0.3, 0.4) is 0 Å². The summed E-state index contributed by atoms with van der Waals surface area (Å²) in [7, 11) is -7.30. The highest BCUT2D eigenvalue weighted by Crippen LogP contribution is 2.29. The van der Waals surface area contributed by atoms with Gasteiger partial charge in [-0.1, -0.05) is 29.8 Å². The van der Waals surface area contributed by atoms with Gasteiger partial charge >= 0.3 is 0 Å². The van der Waals surface area contributed by atoms with Crippen LogP contribution in [0.1, 0.15) is 30.0 Å². The summed E-state index contributed by atoms with van der Waals surface area (Å²) in [4.78, 5) is 2.43. The molecule has 0 bridgehead atoms. The quantitative estimate of drug-likeness (QED) is 0.656. The Hall–Kier alpha value is -1.81. The van der Waals surface area contributed by atoms with Crippen LogP contribution in [0.2, 0.25) is 0 Å². The van der Waals surface area contributed by atoms with Crippen LogP contribution in [0.25, 0.3) is 0 Å². The Kier molecular flexibility index (Phi) is 6.72. The molecular weight excluding hydrogens is 451 g/mol. The van der Waals surface area contributed by atoms with Gasteiger partial charge in [-0.3, -0.25) is 4.90 Å². The van der Waals surface area contributed by atoms with E-state index >= 15 is 0 Å². The van der Waals surface area contributed by atoms with Gasteiger partial charge in [-0.25, -0.2) is 21.2 Å². The molecule has 1 N–H and O–H groups in total. The van der Waals surface area contributed by atoms with Gasteiger partial charge in [0, 0.05) is 18.6 Å². The van der Waals surface area contributed by atoms with Gasteiger partial charge in [-0.15, -0.1) is 0 Å². The molecule has 2 aliphatic rings. The standard InChI is InChI=1S/C23H29FN2O4S2/c1-17-4-10-20(11-5-17)32(29,30)23-16-31(27,28)15-21(23)25-14-22(26-12-2-3-13-26)18-6-8-19(24)9-7-18/h4-11,21-23,25H,2-3,12-16H2,1H3/t21-,22?,23-/m0/s1. The average Bonchev–Trinajstić information content (AvgIpc) is 3.38. The van der Waals surface area contributed by atoms with Crippen LogP contribution < -0.4 is 5.32 Å². The summed E-state index contributed by atoms with van der Waals surface area (Å²) in [6.45, 7) is 4.07. The maximum absolute atomic E-state index is 13.5. The second kappa shape index (κ2) is 9.21. The molecule has 2 aromatic carbocycles. The SMILES string of the molecule is Cc1ccc(S(=O)(=O)[C@H]2CS(=O)(=O)C[C@@H]2NCC(c2ccc(F)cc2)N2CCCC2)cc1. The van der Waals surface area contributed by atoms with Crippen LogP contribution in [0.5, 0.6) is 0 Å². The molecule has 0 saturated carbocycles. The van der Waals surface area contributed by atoms with Gasteiger partial charge in [0.05, 0.1) is 21.7 Å². The Bertz CT molecular complexity index is 1140. The predicted octanol–water partition coefficient (Wildman–Crippen LogP) is 2.50. The van der Waals surface area contributed by atoms with Crippen LogP contribution in [-0.4, -0.2) is 64.2 Å². The van der Waals surface area contributed by atoms with E-state index < -0.39 is 31.0 Å². The van der Waals surface area contributed by atoms with Crippen molar-refractivity contribution < 1.29 is 21.2 Å². The zero-order valence-corrected chi connectivity index (χ0v) is 19.7. The third kappa shape index (κ3) is 5.06. The summed E-state index contributed by atoms with van der Waals surface area (Å²) >= 11 is 0. The maximum Gasteiger partial charge on any atom is 0.183 e. The molecule has 1 unspecified atom stereocenters. The van der Waals surface area contributed by atoms with Crippen molar-refractivity contribution in [2.24, 2.45) is 0 Å². The van der Waals surface area contributed by atoms with Crippen molar-refractivity contribution >= 4 is 19.7 Å². The van der Waals surface area contributed by atoms with Crippen LogP contribution in [0.4, 0.5) is 4.39 Å². The van der Waals surface area contributed by atoms with Crippen molar-refractivity contribution in [1.29, 1.82) is 0 Å². The summed E-state index contributed by atoms with van der Waals surface area (Å²) in [6, 6.07) is 12.1. The van der Waals surface area contributed by atoms with E-state index in [1.807, 2.05) is 6.92 Å².